The first-order valence-corrected chi connectivity index (χ1v) is 6.68. The number of carbonyl (C=O) groups excluding carboxylic acids is 1. The molecule has 0 saturated heterocycles. The summed E-state index contributed by atoms with van der Waals surface area (Å²) >= 11 is 6.03. The molecule has 0 aliphatic carbocycles. The fourth-order valence-electron chi connectivity index (χ4n) is 1.96. The van der Waals surface area contributed by atoms with Crippen LogP contribution in [0.15, 0.2) is 24.3 Å². The molecule has 0 atom stereocenters. The van der Waals surface area contributed by atoms with Crippen LogP contribution < -0.4 is 4.74 Å². The lowest BCUT2D eigenvalue weighted by Crippen LogP contribution is -2.10. The smallest absolute Gasteiger partial charge is 0.184 e. The van der Waals surface area contributed by atoms with Gasteiger partial charge in [-0.25, -0.2) is 4.98 Å². The van der Waals surface area contributed by atoms with Crippen LogP contribution in [-0.2, 0) is 0 Å². The van der Waals surface area contributed by atoms with Gasteiger partial charge in [0.2, 0.25) is 0 Å². The summed E-state index contributed by atoms with van der Waals surface area (Å²) in [5.41, 5.74) is 0.416. The maximum absolute atomic E-state index is 12.2. The second kappa shape index (κ2) is 5.57. The number of benzene rings is 1. The Balaban J connectivity index is 2.72. The third kappa shape index (κ3) is 2.71. The predicted octanol–water partition coefficient (Wildman–Crippen LogP) is 4.13. The highest BCUT2D eigenvalue weighted by Gasteiger charge is 2.18. The average molecular weight is 278 g/mol. The molecule has 1 aromatic heterocycles. The number of ketones is 1. The topological polar surface area (TPSA) is 39.2 Å². The summed E-state index contributed by atoms with van der Waals surface area (Å²) in [6.07, 6.45) is 0. The van der Waals surface area contributed by atoms with Crippen LogP contribution in [0.25, 0.3) is 10.8 Å². The monoisotopic (exact) mass is 277 g/mol. The maximum Gasteiger partial charge on any atom is 0.184 e. The summed E-state index contributed by atoms with van der Waals surface area (Å²) < 4.78 is 5.57. The van der Waals surface area contributed by atoms with Gasteiger partial charge in [0.05, 0.1) is 6.61 Å². The summed E-state index contributed by atoms with van der Waals surface area (Å²) in [6, 6.07) is 7.33. The minimum Gasteiger partial charge on any atom is -0.493 e. The molecule has 1 heterocycles. The Labute approximate surface area is 117 Å². The number of hydrogen-bond donors (Lipinski definition) is 0. The molecule has 0 spiro atoms. The first kappa shape index (κ1) is 13.8. The van der Waals surface area contributed by atoms with Crippen LogP contribution >= 0.6 is 11.6 Å². The minimum absolute atomic E-state index is 0.0128. The Bertz CT molecular complexity index is 623. The SMILES string of the molecule is CCOc1cccc2c(C(=O)C(C)C)nc(Cl)cc12. The van der Waals surface area contributed by atoms with Crippen LogP contribution in [0.2, 0.25) is 5.15 Å². The van der Waals surface area contributed by atoms with E-state index in [-0.39, 0.29) is 11.7 Å². The largest absolute Gasteiger partial charge is 0.493 e. The van der Waals surface area contributed by atoms with Crippen molar-refractivity contribution in [3.05, 3.63) is 35.1 Å². The lowest BCUT2D eigenvalue weighted by atomic mass is 10.0. The molecule has 1 aromatic carbocycles. The molecule has 0 aliphatic rings. The van der Waals surface area contributed by atoms with Crippen molar-refractivity contribution in [1.82, 2.24) is 4.98 Å². The van der Waals surface area contributed by atoms with Crippen molar-refractivity contribution in [1.29, 1.82) is 0 Å². The summed E-state index contributed by atoms with van der Waals surface area (Å²) in [7, 11) is 0. The molecule has 0 aliphatic heterocycles. The van der Waals surface area contributed by atoms with Crippen molar-refractivity contribution in [3.8, 4) is 5.75 Å². The number of hydrogen-bond acceptors (Lipinski definition) is 3. The van der Waals surface area contributed by atoms with Gasteiger partial charge in [-0.2, -0.15) is 0 Å². The van der Waals surface area contributed by atoms with Crippen molar-refractivity contribution < 1.29 is 9.53 Å². The number of halogens is 1. The van der Waals surface area contributed by atoms with Gasteiger partial charge in [-0.05, 0) is 19.1 Å². The van der Waals surface area contributed by atoms with Gasteiger partial charge >= 0.3 is 0 Å². The van der Waals surface area contributed by atoms with Gasteiger partial charge in [0.1, 0.15) is 16.6 Å². The number of Topliss-reactive ketones (excluding diaryl/α,β-unsaturated/α-hetero) is 1. The lowest BCUT2D eigenvalue weighted by Gasteiger charge is -2.11. The standard InChI is InChI=1S/C15H16ClNO2/c1-4-19-12-7-5-6-10-11(12)8-13(16)17-14(10)15(18)9(2)3/h5-9H,4H2,1-3H3. The number of fused-ring (bicyclic) bond motifs is 1. The van der Waals surface area contributed by atoms with Crippen LogP contribution in [0, 0.1) is 5.92 Å². The van der Waals surface area contributed by atoms with E-state index < -0.39 is 0 Å². The highest BCUT2D eigenvalue weighted by Crippen LogP contribution is 2.30. The van der Waals surface area contributed by atoms with Gasteiger partial charge < -0.3 is 4.74 Å². The van der Waals surface area contributed by atoms with Gasteiger partial charge in [0.25, 0.3) is 0 Å². The number of nitrogens with zero attached hydrogens (tertiary/aromatic N) is 1. The van der Waals surface area contributed by atoms with E-state index >= 15 is 0 Å². The van der Waals surface area contributed by atoms with Gasteiger partial charge in [-0.1, -0.05) is 37.6 Å². The van der Waals surface area contributed by atoms with Gasteiger partial charge in [0.15, 0.2) is 5.78 Å². The fraction of sp³-hybridized carbons (Fsp3) is 0.333. The molecule has 0 amide bonds. The predicted molar refractivity (Wildman–Crippen MR) is 77.1 cm³/mol. The zero-order valence-corrected chi connectivity index (χ0v) is 12.0. The summed E-state index contributed by atoms with van der Waals surface area (Å²) in [5.74, 6) is 0.591. The van der Waals surface area contributed by atoms with Gasteiger partial charge in [0, 0.05) is 16.7 Å². The van der Waals surface area contributed by atoms with E-state index in [4.69, 9.17) is 16.3 Å². The van der Waals surface area contributed by atoms with Gasteiger partial charge in [-0.15, -0.1) is 0 Å². The Morgan fingerprint density at radius 1 is 1.37 bits per heavy atom. The zero-order chi connectivity index (χ0) is 14.0. The number of carbonyl (C=O) groups is 1. The number of aromatic nitrogens is 1. The number of pyridine rings is 1. The Morgan fingerprint density at radius 3 is 2.74 bits per heavy atom. The summed E-state index contributed by atoms with van der Waals surface area (Å²) in [5, 5.41) is 1.92. The van der Waals surface area contributed by atoms with E-state index in [0.717, 1.165) is 16.5 Å². The maximum atomic E-state index is 12.2. The van der Waals surface area contributed by atoms with Crippen molar-refractivity contribution >= 4 is 28.2 Å². The van der Waals surface area contributed by atoms with E-state index in [9.17, 15) is 4.79 Å². The Hall–Kier alpha value is -1.61. The number of rotatable bonds is 4. The molecule has 3 nitrogen and oxygen atoms in total. The normalized spacial score (nSPS) is 11.0. The molecule has 0 unspecified atom stereocenters. The molecule has 2 rings (SSSR count). The van der Waals surface area contributed by atoms with Crippen LogP contribution in [0.4, 0.5) is 0 Å². The molecule has 100 valence electrons. The lowest BCUT2D eigenvalue weighted by molar-refractivity contribution is 0.0936. The zero-order valence-electron chi connectivity index (χ0n) is 11.2. The van der Waals surface area contributed by atoms with E-state index in [0.29, 0.717) is 17.5 Å². The molecule has 0 fully saturated rings. The second-order valence-electron chi connectivity index (χ2n) is 4.60. The Morgan fingerprint density at radius 2 is 2.11 bits per heavy atom. The summed E-state index contributed by atoms with van der Waals surface area (Å²) in [6.45, 7) is 6.18. The molecule has 2 aromatic rings. The minimum atomic E-state index is -0.120. The molecule has 0 saturated carbocycles. The number of ether oxygens (including phenoxy) is 1. The third-order valence-corrected chi connectivity index (χ3v) is 3.05. The molecule has 0 N–H and O–H groups in total. The molecular weight excluding hydrogens is 262 g/mol. The van der Waals surface area contributed by atoms with E-state index in [1.165, 1.54) is 0 Å². The quantitative estimate of drug-likeness (QED) is 0.623. The highest BCUT2D eigenvalue weighted by molar-refractivity contribution is 6.30. The van der Waals surface area contributed by atoms with E-state index in [1.54, 1.807) is 6.07 Å². The first-order chi connectivity index (χ1) is 9.04. The Kier molecular flexibility index (Phi) is 4.05. The molecule has 4 heteroatoms. The van der Waals surface area contributed by atoms with Gasteiger partial charge in [-0.3, -0.25) is 4.79 Å². The van der Waals surface area contributed by atoms with Crippen LogP contribution in [-0.4, -0.2) is 17.4 Å². The first-order valence-electron chi connectivity index (χ1n) is 6.30. The molecule has 0 bridgehead atoms. The second-order valence-corrected chi connectivity index (χ2v) is 4.98. The summed E-state index contributed by atoms with van der Waals surface area (Å²) in [4.78, 5) is 16.4. The third-order valence-electron chi connectivity index (χ3n) is 2.86. The van der Waals surface area contributed by atoms with E-state index in [1.807, 2.05) is 39.0 Å². The fourth-order valence-corrected chi connectivity index (χ4v) is 2.15. The molecule has 0 radical (unpaired) electrons. The van der Waals surface area contributed by atoms with Crippen LogP contribution in [0.5, 0.6) is 5.75 Å². The molecular formula is C15H16ClNO2. The average Bonchev–Trinajstić information content (AvgIpc) is 2.38. The van der Waals surface area contributed by atoms with Crippen molar-refractivity contribution in [2.24, 2.45) is 5.92 Å². The van der Waals surface area contributed by atoms with E-state index in [2.05, 4.69) is 4.98 Å². The van der Waals surface area contributed by atoms with Crippen LogP contribution in [0.3, 0.4) is 0 Å². The van der Waals surface area contributed by atoms with Crippen molar-refractivity contribution in [3.63, 3.8) is 0 Å². The molecule has 19 heavy (non-hydrogen) atoms. The van der Waals surface area contributed by atoms with Crippen molar-refractivity contribution in [2.75, 3.05) is 6.61 Å². The van der Waals surface area contributed by atoms with Crippen molar-refractivity contribution in [2.45, 2.75) is 20.8 Å². The highest BCUT2D eigenvalue weighted by atomic mass is 35.5. The van der Waals surface area contributed by atoms with Crippen LogP contribution in [0.1, 0.15) is 31.3 Å².